The molecule has 0 aliphatic carbocycles. The number of ether oxygens (including phenoxy) is 7. The van der Waals surface area contributed by atoms with Crippen LogP contribution in [0.15, 0.2) is 158 Å². The molecule has 6 aromatic carbocycles. The number of para-hydroxylation sites is 2. The number of alkyl halides is 1. The second-order valence-electron chi connectivity index (χ2n) is 13.5. The first kappa shape index (κ1) is 56.4. The molecule has 2 atom stereocenters. The third kappa shape index (κ3) is 22.8. The van der Waals surface area contributed by atoms with Gasteiger partial charge in [-0.05, 0) is 115 Å². The summed E-state index contributed by atoms with van der Waals surface area (Å²) in [5, 5.41) is 30.4. The summed E-state index contributed by atoms with van der Waals surface area (Å²) in [6.07, 6.45) is 0.160. The Bertz CT molecular complexity index is 2160. The molecule has 0 spiro atoms. The number of aromatic hydroxyl groups is 1. The van der Waals surface area contributed by atoms with Gasteiger partial charge in [0.2, 0.25) is 0 Å². The number of hydrogen-bond donors (Lipinski definition) is 1. The van der Waals surface area contributed by atoms with Gasteiger partial charge >= 0.3 is 59.1 Å². The number of methoxy groups -OCH3 is 2. The Balaban J connectivity index is 0.000000363. The number of carboxylic acid groups (broad SMARTS) is 2. The number of hydrogen-bond acceptors (Lipinski definition) is 12. The van der Waals surface area contributed by atoms with Crippen molar-refractivity contribution in [1.82, 2.24) is 0 Å². The summed E-state index contributed by atoms with van der Waals surface area (Å²) >= 11 is 5.58. The van der Waals surface area contributed by atoms with Crippen LogP contribution in [-0.2, 0) is 31.9 Å². The predicted octanol–water partition coefficient (Wildman–Crippen LogP) is 1.83. The van der Waals surface area contributed by atoms with E-state index in [1.807, 2.05) is 133 Å². The van der Waals surface area contributed by atoms with Crippen molar-refractivity contribution in [3.8, 4) is 46.0 Å². The molecule has 0 unspecified atom stereocenters. The van der Waals surface area contributed by atoms with E-state index in [1.165, 1.54) is 26.4 Å². The van der Waals surface area contributed by atoms with Crippen molar-refractivity contribution in [2.75, 3.05) is 39.9 Å². The van der Waals surface area contributed by atoms with Gasteiger partial charge in [-0.25, -0.2) is 0 Å². The summed E-state index contributed by atoms with van der Waals surface area (Å²) in [5.41, 5.74) is 1.62. The summed E-state index contributed by atoms with van der Waals surface area (Å²) in [7, 11) is 2.67. The summed E-state index contributed by atoms with van der Waals surface area (Å²) in [5.74, 6) is 3.80. The molecule has 0 fully saturated rings. The molecule has 332 valence electrons. The molecule has 0 saturated heterocycles. The fourth-order valence-electron chi connectivity index (χ4n) is 5.45. The smallest absolute Gasteiger partial charge is 0.547 e. The summed E-state index contributed by atoms with van der Waals surface area (Å²) in [4.78, 5) is 21.4. The fourth-order valence-corrected chi connectivity index (χ4v) is 5.56. The number of aliphatic carboxylic acids is 2. The van der Waals surface area contributed by atoms with E-state index in [0.717, 1.165) is 58.5 Å². The summed E-state index contributed by atoms with van der Waals surface area (Å²) in [6, 6.07) is 47.9. The maximum absolute atomic E-state index is 10.9. The van der Waals surface area contributed by atoms with Gasteiger partial charge in [-0.15, -0.1) is 11.6 Å². The minimum atomic E-state index is -1.24. The van der Waals surface area contributed by atoms with Crippen molar-refractivity contribution >= 4 is 23.5 Å². The van der Waals surface area contributed by atoms with Gasteiger partial charge in [0, 0.05) is 39.4 Å². The van der Waals surface area contributed by atoms with Crippen molar-refractivity contribution in [1.29, 1.82) is 0 Å². The number of benzene rings is 6. The Morgan fingerprint density at radius 2 is 0.785 bits per heavy atom. The standard InChI is InChI=1S/C25H26O6.C15H15ClO2.C10H12O4.2Na/c1-28-24(25(26)27)18-19-8-10-20(11-9-19)29-16-5-17-30-21-12-14-23(15-13-21)31-22-6-3-2-4-7-22;16-11-4-12-17-13-7-9-15(10-8-13)18-14-5-2-1-3-6-14;1-14-9(10(12)13)6-7-2-4-8(11)5-3-7;;/h2-4,6-15,24H,5,16-18H2,1H3,(H,26,27);1-3,5-10H,4,11-12H2;2-5,9,11H,6H2,1H3,(H,12,13);;/q;;;2*+1/p-2/t24-;;9-;;/m0.0../s1. The zero-order valence-electron chi connectivity index (χ0n) is 37.1. The van der Waals surface area contributed by atoms with Crippen molar-refractivity contribution in [2.45, 2.75) is 37.9 Å². The monoisotopic (exact) mass is 924 g/mol. The normalized spacial score (nSPS) is 10.9. The third-order valence-corrected chi connectivity index (χ3v) is 9.04. The minimum absolute atomic E-state index is 0. The van der Waals surface area contributed by atoms with Crippen molar-refractivity contribution < 1.29 is 117 Å². The van der Waals surface area contributed by atoms with E-state index in [1.54, 1.807) is 12.1 Å². The van der Waals surface area contributed by atoms with Gasteiger partial charge in [-0.1, -0.05) is 60.7 Å². The largest absolute Gasteiger partial charge is 1.00 e. The molecule has 0 aromatic heterocycles. The van der Waals surface area contributed by atoms with Crippen LogP contribution in [0.1, 0.15) is 24.0 Å². The van der Waals surface area contributed by atoms with Gasteiger partial charge in [0.1, 0.15) is 58.2 Å². The Hall–Kier alpha value is -4.73. The molecule has 0 heterocycles. The molecule has 12 nitrogen and oxygen atoms in total. The van der Waals surface area contributed by atoms with E-state index < -0.39 is 24.1 Å². The number of phenolic OH excluding ortho intramolecular Hbond substituents is 1. The van der Waals surface area contributed by atoms with Crippen molar-refractivity contribution in [3.63, 3.8) is 0 Å². The zero-order chi connectivity index (χ0) is 45.1. The maximum atomic E-state index is 10.9. The number of carboxylic acids is 2. The van der Waals surface area contributed by atoms with E-state index >= 15 is 0 Å². The molecule has 0 bridgehead atoms. The first-order chi connectivity index (χ1) is 30.6. The van der Waals surface area contributed by atoms with Crippen LogP contribution >= 0.6 is 11.6 Å². The average molecular weight is 925 g/mol. The molecule has 65 heavy (non-hydrogen) atoms. The Morgan fingerprint density at radius 3 is 1.12 bits per heavy atom. The molecule has 0 aliphatic heterocycles. The molecular weight excluding hydrogens is 874 g/mol. The predicted molar refractivity (Wildman–Crippen MR) is 236 cm³/mol. The van der Waals surface area contributed by atoms with Crippen LogP contribution < -0.4 is 93.0 Å². The van der Waals surface area contributed by atoms with Gasteiger partial charge in [0.25, 0.3) is 0 Å². The van der Waals surface area contributed by atoms with Gasteiger partial charge < -0.3 is 58.1 Å². The second-order valence-corrected chi connectivity index (χ2v) is 13.9. The topological polar surface area (TPSA) is 165 Å². The van der Waals surface area contributed by atoms with E-state index in [0.29, 0.717) is 31.5 Å². The van der Waals surface area contributed by atoms with Gasteiger partial charge in [-0.3, -0.25) is 0 Å². The van der Waals surface area contributed by atoms with Crippen LogP contribution in [0, 0.1) is 0 Å². The SMILES string of the molecule is CO[C@@H](Cc1ccc(O)cc1)C(=O)[O-].CO[C@@H](Cc1ccc(OCCCOc2ccc(Oc3ccccc3)cc2)cc1)C(=O)[O-].ClCCCOc1ccc(Oc2ccccc2)cc1.[Na+].[Na+]. The zero-order valence-corrected chi connectivity index (χ0v) is 41.9. The number of phenols is 1. The molecule has 0 amide bonds. The van der Waals surface area contributed by atoms with Crippen LogP contribution in [0.2, 0.25) is 0 Å². The molecule has 0 aliphatic rings. The summed E-state index contributed by atoms with van der Waals surface area (Å²) in [6.45, 7) is 1.68. The van der Waals surface area contributed by atoms with Crippen molar-refractivity contribution in [3.05, 3.63) is 169 Å². The quantitative estimate of drug-likeness (QED) is 0.0598. The molecule has 15 heteroatoms. The third-order valence-electron chi connectivity index (χ3n) is 8.77. The molecule has 1 N–H and O–H groups in total. The number of rotatable bonds is 22. The molecular formula is C50H51ClNa2O12. The Labute approximate surface area is 429 Å². The molecule has 6 aromatic rings. The second kappa shape index (κ2) is 32.8. The first-order valence-corrected chi connectivity index (χ1v) is 20.6. The summed E-state index contributed by atoms with van der Waals surface area (Å²) < 4.78 is 38.0. The number of carbonyl (C=O) groups excluding carboxylic acids is 2. The van der Waals surface area contributed by atoms with Crippen LogP contribution in [0.4, 0.5) is 0 Å². The van der Waals surface area contributed by atoms with E-state index in [4.69, 9.17) is 49.9 Å². The van der Waals surface area contributed by atoms with E-state index in [9.17, 15) is 19.8 Å². The Kier molecular flexibility index (Phi) is 28.5. The van der Waals surface area contributed by atoms with Crippen LogP contribution in [0.3, 0.4) is 0 Å². The fraction of sp³-hybridized carbons (Fsp3) is 0.240. The van der Waals surface area contributed by atoms with Crippen LogP contribution in [0.5, 0.6) is 46.0 Å². The van der Waals surface area contributed by atoms with Gasteiger partial charge in [0.15, 0.2) is 0 Å². The van der Waals surface area contributed by atoms with Crippen LogP contribution in [0.25, 0.3) is 0 Å². The number of carbonyl (C=O) groups is 2. The maximum Gasteiger partial charge on any atom is 1.00 e. The van der Waals surface area contributed by atoms with Crippen LogP contribution in [-0.4, -0.2) is 69.2 Å². The molecule has 0 radical (unpaired) electrons. The Morgan fingerprint density at radius 1 is 0.477 bits per heavy atom. The van der Waals surface area contributed by atoms with E-state index in [-0.39, 0.29) is 77.7 Å². The number of halogens is 1. The average Bonchev–Trinajstić information content (AvgIpc) is 3.30. The first-order valence-electron chi connectivity index (χ1n) is 20.1. The van der Waals surface area contributed by atoms with E-state index in [2.05, 4.69) is 0 Å². The van der Waals surface area contributed by atoms with Gasteiger partial charge in [-0.2, -0.15) is 0 Å². The van der Waals surface area contributed by atoms with Gasteiger partial charge in [0.05, 0.1) is 31.8 Å². The minimum Gasteiger partial charge on any atom is -0.547 e. The molecule has 0 saturated carbocycles. The molecule has 6 rings (SSSR count). The van der Waals surface area contributed by atoms with Crippen molar-refractivity contribution in [2.24, 2.45) is 0 Å².